The molecule has 0 aliphatic carbocycles. The predicted octanol–water partition coefficient (Wildman–Crippen LogP) is 3.36. The molecule has 0 spiro atoms. The van der Waals surface area contributed by atoms with Crippen LogP contribution < -0.4 is 4.74 Å². The molecule has 114 valence electrons. The Kier molecular flexibility index (Phi) is 5.72. The van der Waals surface area contributed by atoms with Crippen LogP contribution >= 0.6 is 0 Å². The zero-order chi connectivity index (χ0) is 15.8. The third-order valence-corrected chi connectivity index (χ3v) is 3.22. The lowest BCUT2D eigenvalue weighted by atomic mass is 10.2. The van der Waals surface area contributed by atoms with Crippen LogP contribution in [0.5, 0.6) is 5.75 Å². The maximum Gasteiger partial charge on any atom is 0.328 e. The maximum atomic E-state index is 10.4. The fourth-order valence-corrected chi connectivity index (χ4v) is 1.93. The first-order valence-electron chi connectivity index (χ1n) is 7.25. The Hall–Kier alpha value is -2.62. The highest BCUT2D eigenvalue weighted by molar-refractivity contribution is 5.85. The Morgan fingerprint density at radius 1 is 1.23 bits per heavy atom. The standard InChI is InChI=1S/C18H19NO3/c1-2-14-3-7-16(19-13-14)11-12-22-17-8-4-15(5-9-17)6-10-18(20)21/h3-10,13H,2,11-12H2,1H3,(H,20,21). The number of hydrogen-bond donors (Lipinski definition) is 1. The zero-order valence-corrected chi connectivity index (χ0v) is 12.5. The van der Waals surface area contributed by atoms with Crippen molar-refractivity contribution in [2.45, 2.75) is 19.8 Å². The minimum atomic E-state index is -0.957. The van der Waals surface area contributed by atoms with Crippen LogP contribution in [0.2, 0.25) is 0 Å². The summed E-state index contributed by atoms with van der Waals surface area (Å²) in [6.07, 6.45) is 6.31. The summed E-state index contributed by atoms with van der Waals surface area (Å²) in [5.41, 5.74) is 3.07. The second-order valence-corrected chi connectivity index (χ2v) is 4.85. The van der Waals surface area contributed by atoms with Gasteiger partial charge in [-0.05, 0) is 41.8 Å². The van der Waals surface area contributed by atoms with Crippen LogP contribution in [0.3, 0.4) is 0 Å². The topological polar surface area (TPSA) is 59.4 Å². The summed E-state index contributed by atoms with van der Waals surface area (Å²) in [5, 5.41) is 8.57. The van der Waals surface area contributed by atoms with Crippen molar-refractivity contribution in [1.82, 2.24) is 4.98 Å². The van der Waals surface area contributed by atoms with Gasteiger partial charge in [0.1, 0.15) is 5.75 Å². The summed E-state index contributed by atoms with van der Waals surface area (Å²) >= 11 is 0. The number of carbonyl (C=O) groups is 1. The first-order chi connectivity index (χ1) is 10.7. The van der Waals surface area contributed by atoms with E-state index in [0.29, 0.717) is 6.61 Å². The van der Waals surface area contributed by atoms with Crippen LogP contribution in [0.4, 0.5) is 0 Å². The van der Waals surface area contributed by atoms with Gasteiger partial charge in [-0.1, -0.05) is 25.1 Å². The van der Waals surface area contributed by atoms with Crippen LogP contribution in [0.25, 0.3) is 6.08 Å². The van der Waals surface area contributed by atoms with Crippen molar-refractivity contribution < 1.29 is 14.6 Å². The van der Waals surface area contributed by atoms with Gasteiger partial charge in [0, 0.05) is 24.4 Å². The van der Waals surface area contributed by atoms with E-state index >= 15 is 0 Å². The molecule has 0 radical (unpaired) electrons. The third-order valence-electron chi connectivity index (χ3n) is 3.22. The molecule has 0 amide bonds. The molecule has 1 heterocycles. The zero-order valence-electron chi connectivity index (χ0n) is 12.5. The molecule has 1 N–H and O–H groups in total. The summed E-state index contributed by atoms with van der Waals surface area (Å²) in [6.45, 7) is 2.66. The third kappa shape index (κ3) is 5.05. The Bertz CT molecular complexity index is 630. The minimum Gasteiger partial charge on any atom is -0.493 e. The van der Waals surface area contributed by atoms with Crippen LogP contribution in [0.1, 0.15) is 23.7 Å². The molecule has 4 heteroatoms. The molecule has 0 aliphatic rings. The smallest absolute Gasteiger partial charge is 0.328 e. The van der Waals surface area contributed by atoms with E-state index in [-0.39, 0.29) is 0 Å². The highest BCUT2D eigenvalue weighted by Crippen LogP contribution is 2.13. The molecule has 4 nitrogen and oxygen atoms in total. The van der Waals surface area contributed by atoms with Gasteiger partial charge in [0.05, 0.1) is 6.61 Å². The summed E-state index contributed by atoms with van der Waals surface area (Å²) in [6, 6.07) is 11.4. The van der Waals surface area contributed by atoms with Crippen LogP contribution in [0.15, 0.2) is 48.7 Å². The average molecular weight is 297 g/mol. The molecule has 0 fully saturated rings. The number of aliphatic carboxylic acids is 1. The van der Waals surface area contributed by atoms with E-state index in [4.69, 9.17) is 9.84 Å². The van der Waals surface area contributed by atoms with E-state index in [1.807, 2.05) is 36.5 Å². The summed E-state index contributed by atoms with van der Waals surface area (Å²) in [5.74, 6) is -0.195. The van der Waals surface area contributed by atoms with Crippen molar-refractivity contribution in [2.75, 3.05) is 6.61 Å². The molecule has 0 aliphatic heterocycles. The fraction of sp³-hybridized carbons (Fsp3) is 0.222. The molecule has 22 heavy (non-hydrogen) atoms. The molecule has 0 unspecified atom stereocenters. The fourth-order valence-electron chi connectivity index (χ4n) is 1.93. The first-order valence-corrected chi connectivity index (χ1v) is 7.25. The van der Waals surface area contributed by atoms with Crippen LogP contribution in [-0.2, 0) is 17.6 Å². The lowest BCUT2D eigenvalue weighted by Crippen LogP contribution is -2.03. The number of nitrogens with zero attached hydrogens (tertiary/aromatic N) is 1. The monoisotopic (exact) mass is 297 g/mol. The molecule has 1 aromatic carbocycles. The van der Waals surface area contributed by atoms with E-state index in [2.05, 4.69) is 18.0 Å². The van der Waals surface area contributed by atoms with Gasteiger partial charge < -0.3 is 9.84 Å². The second kappa shape index (κ2) is 7.98. The maximum absolute atomic E-state index is 10.4. The number of aromatic nitrogens is 1. The number of ether oxygens (including phenoxy) is 1. The molecule has 2 rings (SSSR count). The molecule has 0 saturated carbocycles. The van der Waals surface area contributed by atoms with Gasteiger partial charge in [0.15, 0.2) is 0 Å². The van der Waals surface area contributed by atoms with Gasteiger partial charge in [0.2, 0.25) is 0 Å². The molecule has 0 saturated heterocycles. The summed E-state index contributed by atoms with van der Waals surface area (Å²) < 4.78 is 5.67. The summed E-state index contributed by atoms with van der Waals surface area (Å²) in [7, 11) is 0. The Morgan fingerprint density at radius 2 is 2.00 bits per heavy atom. The number of rotatable bonds is 7. The number of aryl methyl sites for hydroxylation is 1. The molecule has 2 aromatic rings. The molecular weight excluding hydrogens is 278 g/mol. The van der Waals surface area contributed by atoms with E-state index in [1.54, 1.807) is 6.08 Å². The number of pyridine rings is 1. The Morgan fingerprint density at radius 3 is 2.59 bits per heavy atom. The van der Waals surface area contributed by atoms with Crippen molar-refractivity contribution >= 4 is 12.0 Å². The van der Waals surface area contributed by atoms with Gasteiger partial charge in [0.25, 0.3) is 0 Å². The number of benzene rings is 1. The SMILES string of the molecule is CCc1ccc(CCOc2ccc(C=CC(=O)O)cc2)nc1. The van der Waals surface area contributed by atoms with Gasteiger partial charge in [-0.2, -0.15) is 0 Å². The normalized spacial score (nSPS) is 10.8. The quantitative estimate of drug-likeness (QED) is 0.796. The minimum absolute atomic E-state index is 0.558. The lowest BCUT2D eigenvalue weighted by molar-refractivity contribution is -0.131. The van der Waals surface area contributed by atoms with Crippen molar-refractivity contribution in [1.29, 1.82) is 0 Å². The molecule has 1 aromatic heterocycles. The second-order valence-electron chi connectivity index (χ2n) is 4.85. The molecular formula is C18H19NO3. The highest BCUT2D eigenvalue weighted by Gasteiger charge is 1.98. The van der Waals surface area contributed by atoms with Gasteiger partial charge in [-0.15, -0.1) is 0 Å². The number of hydrogen-bond acceptors (Lipinski definition) is 3. The van der Waals surface area contributed by atoms with E-state index < -0.39 is 5.97 Å². The lowest BCUT2D eigenvalue weighted by Gasteiger charge is -2.06. The van der Waals surface area contributed by atoms with Crippen LogP contribution in [0, 0.1) is 0 Å². The van der Waals surface area contributed by atoms with E-state index in [9.17, 15) is 4.79 Å². The van der Waals surface area contributed by atoms with Gasteiger partial charge in [-0.3, -0.25) is 4.98 Å². The van der Waals surface area contributed by atoms with Crippen molar-refractivity contribution in [3.05, 3.63) is 65.5 Å². The Labute approximate surface area is 130 Å². The van der Waals surface area contributed by atoms with E-state index in [0.717, 1.165) is 35.9 Å². The van der Waals surface area contributed by atoms with Gasteiger partial charge >= 0.3 is 5.97 Å². The predicted molar refractivity (Wildman–Crippen MR) is 85.9 cm³/mol. The summed E-state index contributed by atoms with van der Waals surface area (Å²) in [4.78, 5) is 14.8. The number of carboxylic acid groups (broad SMARTS) is 1. The highest BCUT2D eigenvalue weighted by atomic mass is 16.5. The first kappa shape index (κ1) is 15.8. The van der Waals surface area contributed by atoms with Gasteiger partial charge in [-0.25, -0.2) is 4.79 Å². The average Bonchev–Trinajstić information content (AvgIpc) is 2.55. The molecule has 0 atom stereocenters. The largest absolute Gasteiger partial charge is 0.493 e. The molecule has 0 bridgehead atoms. The van der Waals surface area contributed by atoms with E-state index in [1.165, 1.54) is 5.56 Å². The number of carboxylic acids is 1. The van der Waals surface area contributed by atoms with Crippen molar-refractivity contribution in [3.8, 4) is 5.75 Å². The van der Waals surface area contributed by atoms with Crippen molar-refractivity contribution in [2.24, 2.45) is 0 Å². The van der Waals surface area contributed by atoms with Crippen molar-refractivity contribution in [3.63, 3.8) is 0 Å². The Balaban J connectivity index is 1.82. The van der Waals surface area contributed by atoms with Crippen LogP contribution in [-0.4, -0.2) is 22.7 Å².